The van der Waals surface area contributed by atoms with Crippen LogP contribution in [0.5, 0.6) is 0 Å². The van der Waals surface area contributed by atoms with Crippen molar-refractivity contribution in [2.24, 2.45) is 17.8 Å². The molecule has 3 fully saturated rings. The Hall–Kier alpha value is -0.154. The van der Waals surface area contributed by atoms with Crippen LogP contribution in [0.3, 0.4) is 0 Å². The summed E-state index contributed by atoms with van der Waals surface area (Å²) < 4.78 is 42.6. The van der Waals surface area contributed by atoms with Gasteiger partial charge in [-0.25, -0.2) is 4.79 Å². The van der Waals surface area contributed by atoms with Crippen molar-refractivity contribution in [1.82, 2.24) is 5.06 Å². The van der Waals surface area contributed by atoms with Gasteiger partial charge in [0.1, 0.15) is 0 Å². The molecule has 1 N–H and O–H groups in total. The second-order valence-electron chi connectivity index (χ2n) is 11.7. The smallest absolute Gasteiger partial charge is 0.536 e. The predicted octanol–water partition coefficient (Wildman–Crippen LogP) is 0.106. The quantitative estimate of drug-likeness (QED) is 0.0498. The van der Waals surface area contributed by atoms with Gasteiger partial charge in [-0.2, -0.15) is 0 Å². The van der Waals surface area contributed by atoms with E-state index in [0.717, 1.165) is 17.8 Å². The van der Waals surface area contributed by atoms with Crippen molar-refractivity contribution in [2.75, 3.05) is 112 Å². The van der Waals surface area contributed by atoms with Gasteiger partial charge in [0.2, 0.25) is 0 Å². The van der Waals surface area contributed by atoms with Crippen molar-refractivity contribution in [3.63, 3.8) is 0 Å². The molecule has 1 saturated heterocycles. The van der Waals surface area contributed by atoms with E-state index in [9.17, 15) is 14.4 Å². The topological polar surface area (TPSA) is 172 Å². The average molecular weight is 731 g/mol. The first kappa shape index (κ1) is 46.9. The van der Waals surface area contributed by atoms with Gasteiger partial charge in [0.15, 0.2) is 0 Å². The fourth-order valence-electron chi connectivity index (χ4n) is 5.41. The van der Waals surface area contributed by atoms with Gasteiger partial charge in [-0.3, -0.25) is 9.59 Å². The van der Waals surface area contributed by atoms with Gasteiger partial charge < -0.3 is 53.4 Å². The minimum atomic E-state index is -0.699. The second-order valence-corrected chi connectivity index (χ2v) is 11.7. The molecule has 0 spiro atoms. The molecule has 2 amide bonds. The number of hydroxylamine groups is 3. The number of rotatable bonds is 28. The maximum Gasteiger partial charge on any atom is 1.00 e. The Morgan fingerprint density at radius 3 is 1.33 bits per heavy atom. The minimum absolute atomic E-state index is 0. The maximum absolute atomic E-state index is 11.6. The molecule has 3 rings (SSSR count). The molecule has 0 radical (unpaired) electrons. The van der Waals surface area contributed by atoms with Gasteiger partial charge in [0.25, 0.3) is 11.8 Å². The Labute approximate surface area is 334 Å². The summed E-state index contributed by atoms with van der Waals surface area (Å²) in [6, 6.07) is 0. The summed E-state index contributed by atoms with van der Waals surface area (Å²) in [5.74, 6) is 1.68. The number of carbonyl (C=O) groups excluding carboxylic acids is 3. The van der Waals surface area contributed by atoms with Crippen LogP contribution < -0.4 is 51.4 Å². The van der Waals surface area contributed by atoms with Crippen LogP contribution in [0.2, 0.25) is 0 Å². The van der Waals surface area contributed by atoms with Crippen molar-refractivity contribution < 1.29 is 114 Å². The number of amides is 2. The molecule has 1 aliphatic heterocycles. The van der Waals surface area contributed by atoms with Crippen LogP contribution in [-0.4, -0.2) is 140 Å². The summed E-state index contributed by atoms with van der Waals surface area (Å²) in [5, 5.41) is 8.75. The van der Waals surface area contributed by atoms with Gasteiger partial charge in [0.05, 0.1) is 106 Å². The van der Waals surface area contributed by atoms with Crippen molar-refractivity contribution in [3.8, 4) is 0 Å². The number of hydrogen-bond acceptors (Lipinski definition) is 13. The van der Waals surface area contributed by atoms with Crippen molar-refractivity contribution >= 4 is 17.8 Å². The Bertz CT molecular complexity index is 814. The fraction of sp³-hybridized carbons (Fsp3) is 0.909. The molecule has 1 heterocycles. The molecular weight excluding hydrogens is 671 g/mol. The predicted molar refractivity (Wildman–Crippen MR) is 172 cm³/mol. The van der Waals surface area contributed by atoms with Gasteiger partial charge >= 0.3 is 57.4 Å². The zero-order valence-corrected chi connectivity index (χ0v) is 33.0. The largest absolute Gasteiger partial charge is 1.00 e. The Morgan fingerprint density at radius 2 is 0.959 bits per heavy atom. The number of fused-ring (bicyclic) bond motifs is 1. The van der Waals surface area contributed by atoms with E-state index in [-0.39, 0.29) is 90.4 Å². The van der Waals surface area contributed by atoms with Crippen molar-refractivity contribution in [3.05, 3.63) is 5.48 Å². The van der Waals surface area contributed by atoms with E-state index in [1.165, 1.54) is 25.7 Å². The van der Waals surface area contributed by atoms with E-state index < -0.39 is 17.8 Å². The van der Waals surface area contributed by atoms with Crippen LogP contribution in [0.15, 0.2) is 0 Å². The standard InChI is InChI=1S/C23H41N2O13.C10H18.K/c26-21-1-2-22(27)25(21)38-23(28)3-5-30-7-9-32-11-13-34-15-17-36-19-20-37-18-16-35-14-12-33-10-8-31-6-4-24-29;1-8-9-6-4-2-3-5-7-10(8)9;/h29H,1-20H2;8-10H,2-7H2,1H3;/q-1;;+1. The molecule has 0 aromatic rings. The molecule has 16 heteroatoms. The second kappa shape index (κ2) is 32.5. The van der Waals surface area contributed by atoms with Crippen LogP contribution in [-0.2, 0) is 57.1 Å². The zero-order chi connectivity index (χ0) is 34.5. The number of nitrogens with zero attached hydrogens (tertiary/aromatic N) is 2. The molecule has 2 aliphatic carbocycles. The van der Waals surface area contributed by atoms with Crippen LogP contribution in [0.25, 0.3) is 5.48 Å². The number of hydrogen-bond donors (Lipinski definition) is 1. The van der Waals surface area contributed by atoms with Gasteiger partial charge in [-0.15, -0.1) is 11.6 Å². The van der Waals surface area contributed by atoms with E-state index in [1.54, 1.807) is 12.8 Å². The summed E-state index contributed by atoms with van der Waals surface area (Å²) in [6.07, 6.45) is 9.20. The average Bonchev–Trinajstić information content (AvgIpc) is 3.55. The van der Waals surface area contributed by atoms with E-state index in [4.69, 9.17) is 47.9 Å². The van der Waals surface area contributed by atoms with Gasteiger partial charge in [-0.05, 0) is 30.6 Å². The third kappa shape index (κ3) is 24.7. The molecule has 2 unspecified atom stereocenters. The SMILES string of the molecule is CC1C2CCCCCCC12.O=C(CCOCCOCCOCCOCCOCCOCCOCCOCC[N-]O)ON1C(=O)CCC1=O.[K+]. The first-order chi connectivity index (χ1) is 23.5. The first-order valence-electron chi connectivity index (χ1n) is 17.5. The molecule has 2 atom stereocenters. The third-order valence-electron chi connectivity index (χ3n) is 8.17. The minimum Gasteiger partial charge on any atom is -0.536 e. The summed E-state index contributed by atoms with van der Waals surface area (Å²) in [5.41, 5.74) is 2.94. The van der Waals surface area contributed by atoms with Crippen LogP contribution in [0, 0.1) is 17.8 Å². The number of ether oxygens (including phenoxy) is 8. The molecule has 3 aliphatic rings. The monoisotopic (exact) mass is 730 g/mol. The van der Waals surface area contributed by atoms with Crippen molar-refractivity contribution in [1.29, 1.82) is 0 Å². The van der Waals surface area contributed by atoms with Crippen LogP contribution >= 0.6 is 0 Å². The Morgan fingerprint density at radius 1 is 0.612 bits per heavy atom. The van der Waals surface area contributed by atoms with Gasteiger partial charge in [0, 0.05) is 19.4 Å². The van der Waals surface area contributed by atoms with E-state index in [2.05, 4.69) is 12.4 Å². The third-order valence-corrected chi connectivity index (χ3v) is 8.17. The summed E-state index contributed by atoms with van der Waals surface area (Å²) in [6.45, 7) is 9.24. The number of carbonyl (C=O) groups is 3. The number of imide groups is 1. The molecule has 280 valence electrons. The Kier molecular flexibility index (Phi) is 31.1. The van der Waals surface area contributed by atoms with Crippen LogP contribution in [0.1, 0.15) is 64.7 Å². The van der Waals surface area contributed by atoms with Crippen molar-refractivity contribution in [2.45, 2.75) is 64.7 Å². The zero-order valence-electron chi connectivity index (χ0n) is 29.9. The molecule has 15 nitrogen and oxygen atoms in total. The van der Waals surface area contributed by atoms with E-state index in [0.29, 0.717) is 97.6 Å². The fourth-order valence-corrected chi connectivity index (χ4v) is 5.41. The van der Waals surface area contributed by atoms with E-state index in [1.807, 2.05) is 0 Å². The molecule has 0 bridgehead atoms. The molecular formula is C33H59KN2O13. The summed E-state index contributed by atoms with van der Waals surface area (Å²) in [4.78, 5) is 39.0. The van der Waals surface area contributed by atoms with Crippen LogP contribution in [0.4, 0.5) is 0 Å². The van der Waals surface area contributed by atoms with Gasteiger partial charge in [-0.1, -0.05) is 32.6 Å². The first-order valence-corrected chi connectivity index (χ1v) is 17.5. The molecule has 0 aromatic carbocycles. The molecule has 2 saturated carbocycles. The van der Waals surface area contributed by atoms with E-state index >= 15 is 0 Å². The molecule has 49 heavy (non-hydrogen) atoms. The summed E-state index contributed by atoms with van der Waals surface area (Å²) >= 11 is 0. The normalized spacial score (nSPS) is 20.1. The Balaban J connectivity index is 0.000000915. The summed E-state index contributed by atoms with van der Waals surface area (Å²) in [7, 11) is 0. The maximum atomic E-state index is 11.6. The molecule has 0 aromatic heterocycles.